The number of carbonyl (C=O) groups excluding carboxylic acids is 1. The monoisotopic (exact) mass is 313 g/mol. The Labute approximate surface area is 130 Å². The van der Waals surface area contributed by atoms with Gasteiger partial charge in [-0.1, -0.05) is 26.8 Å². The van der Waals surface area contributed by atoms with E-state index in [1.807, 2.05) is 0 Å². The second-order valence-corrected chi connectivity index (χ2v) is 7.12. The first kappa shape index (κ1) is 18.0. The van der Waals surface area contributed by atoms with Crippen LogP contribution in [0.5, 0.6) is 0 Å². The molecule has 0 aliphatic rings. The van der Waals surface area contributed by atoms with Crippen molar-refractivity contribution in [3.63, 3.8) is 0 Å². The molecule has 1 amide bonds. The maximum atomic E-state index is 13.9. The van der Waals surface area contributed by atoms with E-state index in [4.69, 9.17) is 0 Å². The standard InChI is InChI=1S/C16H24FNO2S/c1-16(2,3)9-8-11(10-19)18-15(20)14-12(17)6-5-7-13(14)21-4/h5-7,11,19H,8-10H2,1-4H3,(H,18,20)/t11-/m1/s1. The van der Waals surface area contributed by atoms with Crippen molar-refractivity contribution >= 4 is 17.7 Å². The van der Waals surface area contributed by atoms with E-state index in [-0.39, 0.29) is 23.6 Å². The maximum Gasteiger partial charge on any atom is 0.255 e. The highest BCUT2D eigenvalue weighted by atomic mass is 32.2. The Hall–Kier alpha value is -1.07. The minimum atomic E-state index is -0.535. The van der Waals surface area contributed by atoms with Crippen LogP contribution in [0.4, 0.5) is 4.39 Å². The molecule has 0 saturated heterocycles. The molecule has 1 aromatic carbocycles. The van der Waals surface area contributed by atoms with E-state index >= 15 is 0 Å². The van der Waals surface area contributed by atoms with Crippen LogP contribution in [-0.4, -0.2) is 29.9 Å². The number of hydrogen-bond donors (Lipinski definition) is 2. The van der Waals surface area contributed by atoms with Crippen LogP contribution in [0.15, 0.2) is 23.1 Å². The molecule has 0 bridgehead atoms. The second-order valence-electron chi connectivity index (χ2n) is 6.27. The average Bonchev–Trinajstić information content (AvgIpc) is 2.41. The normalized spacial score (nSPS) is 13.0. The molecule has 0 heterocycles. The van der Waals surface area contributed by atoms with Crippen LogP contribution in [-0.2, 0) is 0 Å². The Morgan fingerprint density at radius 2 is 2.10 bits per heavy atom. The molecule has 0 unspecified atom stereocenters. The fraction of sp³-hybridized carbons (Fsp3) is 0.562. The molecule has 21 heavy (non-hydrogen) atoms. The van der Waals surface area contributed by atoms with Crippen LogP contribution < -0.4 is 5.32 Å². The van der Waals surface area contributed by atoms with Crippen molar-refractivity contribution in [3.05, 3.63) is 29.6 Å². The number of carbonyl (C=O) groups is 1. The molecule has 0 aliphatic carbocycles. The average molecular weight is 313 g/mol. The van der Waals surface area contributed by atoms with Gasteiger partial charge in [-0.15, -0.1) is 11.8 Å². The summed E-state index contributed by atoms with van der Waals surface area (Å²) in [6, 6.07) is 4.22. The number of rotatable bonds is 6. The summed E-state index contributed by atoms with van der Waals surface area (Å²) in [6.45, 7) is 6.16. The molecule has 0 aliphatic heterocycles. The summed E-state index contributed by atoms with van der Waals surface area (Å²) in [4.78, 5) is 12.9. The van der Waals surface area contributed by atoms with Crippen molar-refractivity contribution < 1.29 is 14.3 Å². The zero-order valence-corrected chi connectivity index (χ0v) is 13.9. The van der Waals surface area contributed by atoms with Gasteiger partial charge in [0.2, 0.25) is 0 Å². The first-order valence-electron chi connectivity index (χ1n) is 7.02. The lowest BCUT2D eigenvalue weighted by Crippen LogP contribution is -2.38. The SMILES string of the molecule is CSc1cccc(F)c1C(=O)N[C@@H](CO)CCC(C)(C)C. The molecule has 0 radical (unpaired) electrons. The Kier molecular flexibility index (Phi) is 6.68. The summed E-state index contributed by atoms with van der Waals surface area (Å²) in [5, 5.41) is 12.1. The fourth-order valence-corrected chi connectivity index (χ4v) is 2.58. The fourth-order valence-electron chi connectivity index (χ4n) is 1.97. The van der Waals surface area contributed by atoms with E-state index in [1.165, 1.54) is 17.8 Å². The third-order valence-corrected chi connectivity index (χ3v) is 4.00. The van der Waals surface area contributed by atoms with E-state index in [9.17, 15) is 14.3 Å². The van der Waals surface area contributed by atoms with Crippen LogP contribution in [0.2, 0.25) is 0 Å². The largest absolute Gasteiger partial charge is 0.394 e. The molecule has 2 N–H and O–H groups in total. The molecule has 0 fully saturated rings. The third kappa shape index (κ3) is 5.67. The van der Waals surface area contributed by atoms with Crippen molar-refractivity contribution in [2.24, 2.45) is 5.41 Å². The summed E-state index contributed by atoms with van der Waals surface area (Å²) in [5.74, 6) is -1.00. The van der Waals surface area contributed by atoms with Gasteiger partial charge in [0.1, 0.15) is 5.82 Å². The molecule has 0 saturated carbocycles. The Balaban J connectivity index is 2.79. The van der Waals surface area contributed by atoms with Crippen LogP contribution >= 0.6 is 11.8 Å². The van der Waals surface area contributed by atoms with Gasteiger partial charge in [-0.3, -0.25) is 4.79 Å². The lowest BCUT2D eigenvalue weighted by atomic mass is 9.89. The van der Waals surface area contributed by atoms with E-state index in [2.05, 4.69) is 26.1 Å². The lowest BCUT2D eigenvalue weighted by molar-refractivity contribution is 0.0900. The zero-order chi connectivity index (χ0) is 16.0. The number of hydrogen-bond acceptors (Lipinski definition) is 3. The highest BCUT2D eigenvalue weighted by Crippen LogP contribution is 2.24. The minimum absolute atomic E-state index is 0.0548. The van der Waals surface area contributed by atoms with Gasteiger partial charge in [0.25, 0.3) is 5.91 Å². The van der Waals surface area contributed by atoms with Crippen LogP contribution in [0.3, 0.4) is 0 Å². The van der Waals surface area contributed by atoms with Gasteiger partial charge in [-0.25, -0.2) is 4.39 Å². The Morgan fingerprint density at radius 3 is 2.62 bits per heavy atom. The highest BCUT2D eigenvalue weighted by molar-refractivity contribution is 7.98. The molecular formula is C16H24FNO2S. The molecule has 1 rings (SSSR count). The topological polar surface area (TPSA) is 49.3 Å². The molecule has 118 valence electrons. The Morgan fingerprint density at radius 1 is 1.43 bits per heavy atom. The number of benzene rings is 1. The number of aliphatic hydroxyl groups is 1. The smallest absolute Gasteiger partial charge is 0.255 e. The van der Waals surface area contributed by atoms with Gasteiger partial charge in [0.15, 0.2) is 0 Å². The van der Waals surface area contributed by atoms with Gasteiger partial charge < -0.3 is 10.4 Å². The van der Waals surface area contributed by atoms with Crippen LogP contribution in [0.25, 0.3) is 0 Å². The summed E-state index contributed by atoms with van der Waals surface area (Å²) in [7, 11) is 0. The Bertz CT molecular complexity index is 486. The van der Waals surface area contributed by atoms with Gasteiger partial charge in [-0.2, -0.15) is 0 Å². The quantitative estimate of drug-likeness (QED) is 0.791. The van der Waals surface area contributed by atoms with Crippen molar-refractivity contribution in [1.29, 1.82) is 0 Å². The molecule has 3 nitrogen and oxygen atoms in total. The molecule has 0 spiro atoms. The lowest BCUT2D eigenvalue weighted by Gasteiger charge is -2.23. The summed E-state index contributed by atoms with van der Waals surface area (Å²) < 4.78 is 13.9. The van der Waals surface area contributed by atoms with Crippen molar-refractivity contribution in [2.75, 3.05) is 12.9 Å². The van der Waals surface area contributed by atoms with Gasteiger partial charge in [0, 0.05) is 4.90 Å². The molecule has 1 aromatic rings. The van der Waals surface area contributed by atoms with Crippen LogP contribution in [0, 0.1) is 11.2 Å². The van der Waals surface area contributed by atoms with Crippen molar-refractivity contribution in [2.45, 2.75) is 44.6 Å². The molecule has 5 heteroatoms. The summed E-state index contributed by atoms with van der Waals surface area (Å²) >= 11 is 1.33. The zero-order valence-electron chi connectivity index (χ0n) is 13.1. The van der Waals surface area contributed by atoms with E-state index in [0.717, 1.165) is 6.42 Å². The first-order valence-corrected chi connectivity index (χ1v) is 8.25. The predicted octanol–water partition coefficient (Wildman–Crippen LogP) is 3.46. The number of nitrogens with one attached hydrogen (secondary N) is 1. The summed E-state index contributed by atoms with van der Waals surface area (Å²) in [6.07, 6.45) is 3.33. The van der Waals surface area contributed by atoms with Crippen molar-refractivity contribution in [1.82, 2.24) is 5.32 Å². The second kappa shape index (κ2) is 7.80. The van der Waals surface area contributed by atoms with Gasteiger partial charge in [-0.05, 0) is 36.6 Å². The van der Waals surface area contributed by atoms with Crippen molar-refractivity contribution in [3.8, 4) is 0 Å². The minimum Gasteiger partial charge on any atom is -0.394 e. The molecule has 1 atom stereocenters. The van der Waals surface area contributed by atoms with Gasteiger partial charge >= 0.3 is 0 Å². The predicted molar refractivity (Wildman–Crippen MR) is 85.2 cm³/mol. The van der Waals surface area contributed by atoms with Crippen LogP contribution in [0.1, 0.15) is 44.0 Å². The third-order valence-electron chi connectivity index (χ3n) is 3.22. The van der Waals surface area contributed by atoms with E-state index in [1.54, 1.807) is 18.4 Å². The first-order chi connectivity index (χ1) is 9.78. The van der Waals surface area contributed by atoms with E-state index in [0.29, 0.717) is 11.3 Å². The van der Waals surface area contributed by atoms with E-state index < -0.39 is 11.7 Å². The molecule has 0 aromatic heterocycles. The number of aliphatic hydroxyl groups excluding tert-OH is 1. The highest BCUT2D eigenvalue weighted by Gasteiger charge is 2.21. The summed E-state index contributed by atoms with van der Waals surface area (Å²) in [5.41, 5.74) is 0.180. The molecular weight excluding hydrogens is 289 g/mol. The maximum absolute atomic E-state index is 13.9. The number of halogens is 1. The van der Waals surface area contributed by atoms with Gasteiger partial charge in [0.05, 0.1) is 18.2 Å². The number of thioether (sulfide) groups is 1. The number of amides is 1.